The second kappa shape index (κ2) is 5.73. The summed E-state index contributed by atoms with van der Waals surface area (Å²) in [5.41, 5.74) is 1.30. The third kappa shape index (κ3) is 2.80. The van der Waals surface area contributed by atoms with Crippen LogP contribution in [0.15, 0.2) is 30.3 Å². The van der Waals surface area contributed by atoms with Crippen LogP contribution in [-0.4, -0.2) is 19.3 Å². The smallest absolute Gasteiger partial charge is 0.0652 e. The number of nitrogens with zero attached hydrogens (tertiary/aromatic N) is 1. The molecule has 102 valence electrons. The second-order valence-electron chi connectivity index (χ2n) is 5.83. The van der Waals surface area contributed by atoms with E-state index in [0.717, 1.165) is 6.42 Å². The zero-order chi connectivity index (χ0) is 13.9. The molecule has 1 fully saturated rings. The summed E-state index contributed by atoms with van der Waals surface area (Å²) in [5, 5.41) is 12.6. The molecule has 3 nitrogen and oxygen atoms in total. The zero-order valence-electron chi connectivity index (χ0n) is 11.9. The highest BCUT2D eigenvalue weighted by atomic mass is 16.5. The van der Waals surface area contributed by atoms with E-state index in [-0.39, 0.29) is 11.5 Å². The molecule has 1 aliphatic rings. The predicted molar refractivity (Wildman–Crippen MR) is 75.5 cm³/mol. The molecular weight excluding hydrogens is 236 g/mol. The van der Waals surface area contributed by atoms with Crippen molar-refractivity contribution < 1.29 is 4.74 Å². The third-order valence-corrected chi connectivity index (χ3v) is 4.36. The summed E-state index contributed by atoms with van der Waals surface area (Å²) in [6.07, 6.45) is 1.82. The first-order valence-electron chi connectivity index (χ1n) is 6.80. The maximum atomic E-state index is 9.02. The van der Waals surface area contributed by atoms with Gasteiger partial charge in [-0.05, 0) is 12.0 Å². The predicted octanol–water partition coefficient (Wildman–Crippen LogP) is 3.04. The first-order valence-corrected chi connectivity index (χ1v) is 6.80. The Labute approximate surface area is 115 Å². The van der Waals surface area contributed by atoms with E-state index < -0.39 is 0 Å². The van der Waals surface area contributed by atoms with E-state index in [2.05, 4.69) is 37.4 Å². The van der Waals surface area contributed by atoms with Crippen molar-refractivity contribution in [1.82, 2.24) is 5.32 Å². The highest BCUT2D eigenvalue weighted by molar-refractivity contribution is 5.21. The van der Waals surface area contributed by atoms with Crippen molar-refractivity contribution in [3.63, 3.8) is 0 Å². The summed E-state index contributed by atoms with van der Waals surface area (Å²) in [4.78, 5) is 0. The number of nitriles is 1. The van der Waals surface area contributed by atoms with Crippen molar-refractivity contribution in [2.45, 2.75) is 44.9 Å². The van der Waals surface area contributed by atoms with Crippen molar-refractivity contribution in [3.8, 4) is 6.07 Å². The fraction of sp³-hybridized carbons (Fsp3) is 0.562. The van der Waals surface area contributed by atoms with Gasteiger partial charge >= 0.3 is 0 Å². The molecule has 1 aromatic carbocycles. The Morgan fingerprint density at radius 3 is 2.63 bits per heavy atom. The van der Waals surface area contributed by atoms with Gasteiger partial charge < -0.3 is 10.1 Å². The number of hydrogen-bond acceptors (Lipinski definition) is 3. The Hall–Kier alpha value is -1.37. The lowest BCUT2D eigenvalue weighted by Gasteiger charge is -2.52. The van der Waals surface area contributed by atoms with Gasteiger partial charge in [0.15, 0.2) is 0 Å². The molecule has 1 aromatic rings. The number of nitrogens with one attached hydrogen (secondary N) is 1. The highest BCUT2D eigenvalue weighted by Crippen LogP contribution is 2.43. The molecule has 3 unspecified atom stereocenters. The van der Waals surface area contributed by atoms with Crippen molar-refractivity contribution in [2.75, 3.05) is 7.11 Å². The van der Waals surface area contributed by atoms with Crippen LogP contribution in [0.5, 0.6) is 0 Å². The Morgan fingerprint density at radius 2 is 2.11 bits per heavy atom. The topological polar surface area (TPSA) is 45.0 Å². The summed E-state index contributed by atoms with van der Waals surface area (Å²) in [6.45, 7) is 4.44. The van der Waals surface area contributed by atoms with E-state index in [1.807, 2.05) is 18.2 Å². The maximum Gasteiger partial charge on any atom is 0.0652 e. The summed E-state index contributed by atoms with van der Waals surface area (Å²) >= 11 is 0. The molecule has 19 heavy (non-hydrogen) atoms. The summed E-state index contributed by atoms with van der Waals surface area (Å²) in [7, 11) is 1.77. The van der Waals surface area contributed by atoms with Crippen LogP contribution in [0.25, 0.3) is 0 Å². The molecule has 3 heteroatoms. The largest absolute Gasteiger partial charge is 0.381 e. The van der Waals surface area contributed by atoms with E-state index in [0.29, 0.717) is 18.6 Å². The van der Waals surface area contributed by atoms with Crippen LogP contribution < -0.4 is 5.32 Å². The quantitative estimate of drug-likeness (QED) is 0.883. The first kappa shape index (κ1) is 14.0. The van der Waals surface area contributed by atoms with E-state index in [4.69, 9.17) is 10.00 Å². The molecule has 0 spiro atoms. The SMILES string of the molecule is COC1CC(NC(CC#N)c2ccccc2)C1(C)C. The minimum absolute atomic E-state index is 0.105. The third-order valence-electron chi connectivity index (χ3n) is 4.36. The normalized spacial score (nSPS) is 26.2. The Bertz CT molecular complexity index is 450. The maximum absolute atomic E-state index is 9.02. The number of ether oxygens (including phenoxy) is 1. The van der Waals surface area contributed by atoms with Gasteiger partial charge in [-0.2, -0.15) is 5.26 Å². The Balaban J connectivity index is 2.05. The van der Waals surface area contributed by atoms with Crippen molar-refractivity contribution in [1.29, 1.82) is 5.26 Å². The van der Waals surface area contributed by atoms with E-state index >= 15 is 0 Å². The molecule has 0 amide bonds. The molecule has 2 rings (SSSR count). The Morgan fingerprint density at radius 1 is 1.42 bits per heavy atom. The minimum atomic E-state index is 0.105. The van der Waals surface area contributed by atoms with Gasteiger partial charge in [-0.1, -0.05) is 44.2 Å². The van der Waals surface area contributed by atoms with Gasteiger partial charge in [0.05, 0.1) is 18.6 Å². The second-order valence-corrected chi connectivity index (χ2v) is 5.83. The lowest BCUT2D eigenvalue weighted by atomic mass is 9.64. The van der Waals surface area contributed by atoms with Crippen LogP contribution in [0.3, 0.4) is 0 Å². The molecule has 3 atom stereocenters. The molecule has 0 heterocycles. The van der Waals surface area contributed by atoms with Gasteiger partial charge in [0.25, 0.3) is 0 Å². The molecule has 1 N–H and O–H groups in total. The molecule has 0 aliphatic heterocycles. The highest BCUT2D eigenvalue weighted by Gasteiger charge is 2.48. The van der Waals surface area contributed by atoms with Crippen LogP contribution in [-0.2, 0) is 4.74 Å². The minimum Gasteiger partial charge on any atom is -0.381 e. The standard InChI is InChI=1S/C16H22N2O/c1-16(2)14(11-15(16)19-3)18-13(9-10-17)12-7-5-4-6-8-12/h4-8,13-15,18H,9,11H2,1-3H3. The van der Waals surface area contributed by atoms with E-state index in [1.54, 1.807) is 7.11 Å². The van der Waals surface area contributed by atoms with Crippen molar-refractivity contribution >= 4 is 0 Å². The van der Waals surface area contributed by atoms with Crippen molar-refractivity contribution in [2.24, 2.45) is 5.41 Å². The van der Waals surface area contributed by atoms with Gasteiger partial charge in [0, 0.05) is 24.6 Å². The van der Waals surface area contributed by atoms with Crippen LogP contribution in [0.1, 0.15) is 38.3 Å². The van der Waals surface area contributed by atoms with E-state index in [9.17, 15) is 0 Å². The molecule has 1 saturated carbocycles. The fourth-order valence-corrected chi connectivity index (χ4v) is 2.86. The van der Waals surface area contributed by atoms with E-state index in [1.165, 1.54) is 5.56 Å². The number of hydrogen-bond donors (Lipinski definition) is 1. The van der Waals surface area contributed by atoms with Crippen molar-refractivity contribution in [3.05, 3.63) is 35.9 Å². The van der Waals surface area contributed by atoms with Gasteiger partial charge in [-0.25, -0.2) is 0 Å². The summed E-state index contributed by atoms with van der Waals surface area (Å²) < 4.78 is 5.47. The Kier molecular flexibility index (Phi) is 4.24. The fourth-order valence-electron chi connectivity index (χ4n) is 2.86. The first-order chi connectivity index (χ1) is 9.09. The van der Waals surface area contributed by atoms with Gasteiger partial charge in [-0.3, -0.25) is 0 Å². The summed E-state index contributed by atoms with van der Waals surface area (Å²) in [5.74, 6) is 0. The lowest BCUT2D eigenvalue weighted by Crippen LogP contribution is -2.61. The van der Waals surface area contributed by atoms with Crippen LogP contribution in [0.4, 0.5) is 0 Å². The summed E-state index contributed by atoms with van der Waals surface area (Å²) in [6, 6.07) is 13.0. The molecule has 0 saturated heterocycles. The lowest BCUT2D eigenvalue weighted by molar-refractivity contribution is -0.100. The number of rotatable bonds is 5. The van der Waals surface area contributed by atoms with Gasteiger partial charge in [0.2, 0.25) is 0 Å². The van der Waals surface area contributed by atoms with Crippen LogP contribution in [0, 0.1) is 16.7 Å². The molecule has 0 bridgehead atoms. The van der Waals surface area contributed by atoms with Gasteiger partial charge in [0.1, 0.15) is 0 Å². The van der Waals surface area contributed by atoms with Crippen LogP contribution >= 0.6 is 0 Å². The number of benzene rings is 1. The monoisotopic (exact) mass is 258 g/mol. The average molecular weight is 258 g/mol. The molecule has 1 aliphatic carbocycles. The van der Waals surface area contributed by atoms with Gasteiger partial charge in [-0.15, -0.1) is 0 Å². The zero-order valence-corrected chi connectivity index (χ0v) is 11.9. The van der Waals surface area contributed by atoms with Crippen LogP contribution in [0.2, 0.25) is 0 Å². The molecular formula is C16H22N2O. The number of methoxy groups -OCH3 is 1. The molecule has 0 aromatic heterocycles. The molecule has 0 radical (unpaired) electrons. The average Bonchev–Trinajstić information content (AvgIpc) is 2.42.